The summed E-state index contributed by atoms with van der Waals surface area (Å²) in [5.74, 6) is 0.205. The molecule has 8 nitrogen and oxygen atoms in total. The van der Waals surface area contributed by atoms with E-state index in [1.54, 1.807) is 19.2 Å². The van der Waals surface area contributed by atoms with Crippen molar-refractivity contribution in [3.8, 4) is 12.1 Å². The number of hydrogen-bond donors (Lipinski definition) is 0. The predicted octanol–water partition coefficient (Wildman–Crippen LogP) is 4.11. The van der Waals surface area contributed by atoms with Crippen LogP contribution in [0.4, 0.5) is 15.8 Å². The quantitative estimate of drug-likeness (QED) is 0.488. The van der Waals surface area contributed by atoms with Crippen molar-refractivity contribution in [3.63, 3.8) is 0 Å². The number of fused-ring (bicyclic) bond motifs is 1. The molecule has 0 radical (unpaired) electrons. The Labute approximate surface area is 221 Å². The highest BCUT2D eigenvalue weighted by Crippen LogP contribution is 2.35. The zero-order valence-corrected chi connectivity index (χ0v) is 21.7. The van der Waals surface area contributed by atoms with E-state index in [0.29, 0.717) is 28.7 Å². The van der Waals surface area contributed by atoms with E-state index in [1.165, 1.54) is 16.7 Å². The highest BCUT2D eigenvalue weighted by Gasteiger charge is 2.32. The van der Waals surface area contributed by atoms with Gasteiger partial charge in [-0.3, -0.25) is 4.79 Å². The van der Waals surface area contributed by atoms with Gasteiger partial charge in [0.15, 0.2) is 0 Å². The van der Waals surface area contributed by atoms with Crippen LogP contribution in [0.2, 0.25) is 0 Å². The molecule has 2 aliphatic rings. The smallest absolute Gasteiger partial charge is 0.270 e. The SMILES string of the molecule is Cn1c(=O)c(C#N)c(N(C)[C@H]2CC[C@@H](N(C[C@H]3CCOC3)c3ccc(F)cc3)CC2)c2nc(C#N)ccc21. The average molecular weight is 515 g/mol. The molecule has 1 saturated carbocycles. The van der Waals surface area contributed by atoms with E-state index in [9.17, 15) is 19.7 Å². The molecule has 9 heteroatoms. The van der Waals surface area contributed by atoms with Crippen LogP contribution < -0.4 is 15.4 Å². The van der Waals surface area contributed by atoms with E-state index in [-0.39, 0.29) is 28.7 Å². The molecule has 3 heterocycles. The average Bonchev–Trinajstić information content (AvgIpc) is 3.47. The van der Waals surface area contributed by atoms with E-state index in [4.69, 9.17) is 4.74 Å². The number of rotatable bonds is 6. The summed E-state index contributed by atoms with van der Waals surface area (Å²) >= 11 is 0. The Bertz CT molecular complexity index is 1460. The molecule has 1 atom stereocenters. The van der Waals surface area contributed by atoms with Gasteiger partial charge in [0.25, 0.3) is 5.56 Å². The lowest BCUT2D eigenvalue weighted by Crippen LogP contribution is -2.45. The normalized spacial score (nSPS) is 21.1. The van der Waals surface area contributed by atoms with Crippen molar-refractivity contribution in [3.05, 3.63) is 63.8 Å². The third-order valence-corrected chi connectivity index (χ3v) is 8.09. The Morgan fingerprint density at radius 3 is 2.39 bits per heavy atom. The van der Waals surface area contributed by atoms with Gasteiger partial charge in [-0.2, -0.15) is 10.5 Å². The molecule has 1 aromatic carbocycles. The van der Waals surface area contributed by atoms with E-state index in [0.717, 1.165) is 57.6 Å². The maximum atomic E-state index is 13.7. The lowest BCUT2D eigenvalue weighted by Gasteiger charge is -2.42. The van der Waals surface area contributed by atoms with Crippen LogP contribution in [0.5, 0.6) is 0 Å². The van der Waals surface area contributed by atoms with Crippen molar-refractivity contribution < 1.29 is 9.13 Å². The molecule has 2 aromatic heterocycles. The number of anilines is 2. The number of aromatic nitrogens is 2. The Morgan fingerprint density at radius 1 is 1.05 bits per heavy atom. The Balaban J connectivity index is 1.42. The maximum absolute atomic E-state index is 13.7. The predicted molar refractivity (Wildman–Crippen MR) is 144 cm³/mol. The minimum Gasteiger partial charge on any atom is -0.381 e. The van der Waals surface area contributed by atoms with Gasteiger partial charge >= 0.3 is 0 Å². The van der Waals surface area contributed by atoms with Crippen LogP contribution in [0.1, 0.15) is 43.4 Å². The maximum Gasteiger partial charge on any atom is 0.270 e. The molecule has 1 saturated heterocycles. The van der Waals surface area contributed by atoms with Crippen LogP contribution in [0.25, 0.3) is 11.0 Å². The van der Waals surface area contributed by atoms with Gasteiger partial charge in [-0.1, -0.05) is 0 Å². The van der Waals surface area contributed by atoms with Gasteiger partial charge in [0, 0.05) is 50.9 Å². The molecule has 0 amide bonds. The second kappa shape index (κ2) is 10.8. The lowest BCUT2D eigenvalue weighted by atomic mass is 9.88. The number of ether oxygens (including phenoxy) is 1. The third kappa shape index (κ3) is 4.82. The molecule has 5 rings (SSSR count). The Hall–Kier alpha value is -3.95. The van der Waals surface area contributed by atoms with Gasteiger partial charge in [-0.15, -0.1) is 0 Å². The van der Waals surface area contributed by atoms with Crippen molar-refractivity contribution in [1.29, 1.82) is 10.5 Å². The standard InChI is InChI=1S/C29H31FN6O2/c1-34(28-25(16-32)29(37)35(2)26-12-5-21(15-31)33-27(26)28)22-8-10-24(11-9-22)36(17-19-13-14-38-18-19)23-6-3-20(30)4-7-23/h3-7,12,19,22,24H,8-11,13-14,17-18H2,1-2H3/t19-,22-,24+/m1/s1. The molecule has 0 bridgehead atoms. The van der Waals surface area contributed by atoms with Gasteiger partial charge < -0.3 is 19.1 Å². The van der Waals surface area contributed by atoms with Crippen molar-refractivity contribution >= 4 is 22.4 Å². The number of nitriles is 2. The van der Waals surface area contributed by atoms with E-state index in [1.807, 2.05) is 24.1 Å². The van der Waals surface area contributed by atoms with Gasteiger partial charge in [0.05, 0.1) is 17.8 Å². The van der Waals surface area contributed by atoms with Gasteiger partial charge in [-0.25, -0.2) is 9.37 Å². The second-order valence-electron chi connectivity index (χ2n) is 10.3. The fourth-order valence-corrected chi connectivity index (χ4v) is 5.94. The number of nitrogens with zero attached hydrogens (tertiary/aromatic N) is 6. The first-order valence-corrected chi connectivity index (χ1v) is 13.1. The second-order valence-corrected chi connectivity index (χ2v) is 10.3. The minimum absolute atomic E-state index is 0.0429. The summed E-state index contributed by atoms with van der Waals surface area (Å²) in [4.78, 5) is 22.0. The summed E-state index contributed by atoms with van der Waals surface area (Å²) in [6, 6.07) is 14.6. The van der Waals surface area contributed by atoms with Gasteiger partial charge in [0.2, 0.25) is 0 Å². The molecular weight excluding hydrogens is 483 g/mol. The molecular formula is C29H31FN6O2. The van der Waals surface area contributed by atoms with E-state index >= 15 is 0 Å². The van der Waals surface area contributed by atoms with Crippen LogP contribution in [0.15, 0.2) is 41.2 Å². The summed E-state index contributed by atoms with van der Waals surface area (Å²) in [7, 11) is 3.53. The van der Waals surface area contributed by atoms with Gasteiger partial charge in [0.1, 0.15) is 34.7 Å². The molecule has 0 unspecified atom stereocenters. The summed E-state index contributed by atoms with van der Waals surface area (Å²) in [5.41, 5.74) is 2.50. The highest BCUT2D eigenvalue weighted by atomic mass is 19.1. The fraction of sp³-hybridized carbons (Fsp3) is 0.448. The van der Waals surface area contributed by atoms with Crippen LogP contribution >= 0.6 is 0 Å². The van der Waals surface area contributed by atoms with Crippen LogP contribution in [0, 0.1) is 34.4 Å². The first kappa shape index (κ1) is 25.7. The number of hydrogen-bond acceptors (Lipinski definition) is 7. The number of benzene rings is 1. The summed E-state index contributed by atoms with van der Waals surface area (Å²) < 4.78 is 20.7. The zero-order chi connectivity index (χ0) is 26.8. The largest absolute Gasteiger partial charge is 0.381 e. The molecule has 2 fully saturated rings. The highest BCUT2D eigenvalue weighted by molar-refractivity contribution is 5.92. The van der Waals surface area contributed by atoms with Crippen molar-refractivity contribution in [2.45, 2.75) is 44.2 Å². The zero-order valence-electron chi connectivity index (χ0n) is 21.7. The van der Waals surface area contributed by atoms with E-state index in [2.05, 4.69) is 22.0 Å². The van der Waals surface area contributed by atoms with Crippen LogP contribution in [-0.2, 0) is 11.8 Å². The Morgan fingerprint density at radius 2 is 1.76 bits per heavy atom. The number of pyridine rings is 2. The Kier molecular flexibility index (Phi) is 7.31. The molecule has 1 aliphatic carbocycles. The summed E-state index contributed by atoms with van der Waals surface area (Å²) in [6.07, 6.45) is 4.59. The molecule has 3 aromatic rings. The third-order valence-electron chi connectivity index (χ3n) is 8.09. The monoisotopic (exact) mass is 514 g/mol. The lowest BCUT2D eigenvalue weighted by molar-refractivity contribution is 0.185. The van der Waals surface area contributed by atoms with Crippen molar-refractivity contribution in [2.75, 3.05) is 36.6 Å². The molecule has 0 N–H and O–H groups in total. The van der Waals surface area contributed by atoms with Crippen LogP contribution in [-0.4, -0.2) is 48.4 Å². The topological polar surface area (TPSA) is 98.2 Å². The van der Waals surface area contributed by atoms with Gasteiger partial charge in [-0.05, 0) is 68.5 Å². The van der Waals surface area contributed by atoms with Crippen LogP contribution in [0.3, 0.4) is 0 Å². The molecule has 1 aliphatic heterocycles. The molecule has 0 spiro atoms. The summed E-state index contributed by atoms with van der Waals surface area (Å²) in [5, 5.41) is 19.4. The number of halogens is 1. The fourth-order valence-electron chi connectivity index (χ4n) is 5.94. The molecule has 38 heavy (non-hydrogen) atoms. The molecule has 196 valence electrons. The minimum atomic E-state index is -0.372. The van der Waals surface area contributed by atoms with Crippen molar-refractivity contribution in [2.24, 2.45) is 13.0 Å². The number of aryl methyl sites for hydroxylation is 1. The summed E-state index contributed by atoms with van der Waals surface area (Å²) in [6.45, 7) is 2.41. The van der Waals surface area contributed by atoms with Crippen molar-refractivity contribution in [1.82, 2.24) is 9.55 Å². The van der Waals surface area contributed by atoms with E-state index < -0.39 is 0 Å². The first-order valence-electron chi connectivity index (χ1n) is 13.1. The first-order chi connectivity index (χ1) is 18.4.